The van der Waals surface area contributed by atoms with E-state index in [1.54, 1.807) is 0 Å². The first kappa shape index (κ1) is 21.3. The molecule has 2 N–H and O–H groups in total. The van der Waals surface area contributed by atoms with Gasteiger partial charge in [0.1, 0.15) is 0 Å². The SMILES string of the molecule is O=C(O)c1cccc(NC(=O)c2cc(S(=O)(=O)N3CCCCCC3)ccc2Cl)c1. The van der Waals surface area contributed by atoms with Crippen LogP contribution in [-0.4, -0.2) is 42.8 Å². The molecular weight excluding hydrogens is 416 g/mol. The zero-order valence-corrected chi connectivity index (χ0v) is 17.2. The summed E-state index contributed by atoms with van der Waals surface area (Å²) in [6.45, 7) is 0.906. The molecule has 2 aromatic rings. The number of nitrogens with one attached hydrogen (secondary N) is 1. The molecule has 2 aromatic carbocycles. The van der Waals surface area contributed by atoms with Gasteiger partial charge in [0, 0.05) is 18.8 Å². The van der Waals surface area contributed by atoms with Gasteiger partial charge in [0.2, 0.25) is 10.0 Å². The van der Waals surface area contributed by atoms with Gasteiger partial charge in [-0.25, -0.2) is 13.2 Å². The van der Waals surface area contributed by atoms with Gasteiger partial charge >= 0.3 is 5.97 Å². The van der Waals surface area contributed by atoms with Gasteiger partial charge in [-0.05, 0) is 49.2 Å². The second-order valence-electron chi connectivity index (χ2n) is 6.80. The van der Waals surface area contributed by atoms with E-state index in [4.69, 9.17) is 16.7 Å². The maximum absolute atomic E-state index is 13.0. The molecule has 0 aliphatic carbocycles. The minimum absolute atomic E-state index is 0.00305. The topological polar surface area (TPSA) is 104 Å². The van der Waals surface area contributed by atoms with Gasteiger partial charge < -0.3 is 10.4 Å². The van der Waals surface area contributed by atoms with Crippen LogP contribution in [0.1, 0.15) is 46.4 Å². The molecule has 0 aromatic heterocycles. The van der Waals surface area contributed by atoms with E-state index in [1.165, 1.54) is 46.8 Å². The largest absolute Gasteiger partial charge is 0.478 e. The van der Waals surface area contributed by atoms with Crippen LogP contribution in [0.25, 0.3) is 0 Å². The quantitative estimate of drug-likeness (QED) is 0.740. The number of benzene rings is 2. The number of halogens is 1. The summed E-state index contributed by atoms with van der Waals surface area (Å²) in [5, 5.41) is 11.7. The molecule has 0 atom stereocenters. The van der Waals surface area contributed by atoms with Crippen LogP contribution in [0.4, 0.5) is 5.69 Å². The summed E-state index contributed by atoms with van der Waals surface area (Å²) in [7, 11) is -3.73. The second kappa shape index (κ2) is 8.94. The van der Waals surface area contributed by atoms with Gasteiger partial charge in [-0.2, -0.15) is 4.31 Å². The summed E-state index contributed by atoms with van der Waals surface area (Å²) in [4.78, 5) is 23.8. The monoisotopic (exact) mass is 436 g/mol. The minimum atomic E-state index is -3.73. The summed E-state index contributed by atoms with van der Waals surface area (Å²) in [6.07, 6.45) is 3.60. The minimum Gasteiger partial charge on any atom is -0.478 e. The molecule has 29 heavy (non-hydrogen) atoms. The van der Waals surface area contributed by atoms with Gasteiger partial charge in [-0.15, -0.1) is 0 Å². The lowest BCUT2D eigenvalue weighted by molar-refractivity contribution is 0.0696. The van der Waals surface area contributed by atoms with E-state index >= 15 is 0 Å². The van der Waals surface area contributed by atoms with Gasteiger partial charge in [0.25, 0.3) is 5.91 Å². The van der Waals surface area contributed by atoms with E-state index in [0.717, 1.165) is 25.7 Å². The number of carbonyl (C=O) groups is 2. The van der Waals surface area contributed by atoms with Crippen LogP contribution < -0.4 is 5.32 Å². The third kappa shape index (κ3) is 4.95. The van der Waals surface area contributed by atoms with Crippen molar-refractivity contribution in [3.05, 3.63) is 58.6 Å². The summed E-state index contributed by atoms with van der Waals surface area (Å²) in [5.74, 6) is -1.74. The number of hydrogen-bond donors (Lipinski definition) is 2. The Morgan fingerprint density at radius 3 is 2.34 bits per heavy atom. The fourth-order valence-electron chi connectivity index (χ4n) is 3.20. The van der Waals surface area contributed by atoms with Crippen LogP contribution in [0.3, 0.4) is 0 Å². The van der Waals surface area contributed by atoms with Crippen molar-refractivity contribution in [2.75, 3.05) is 18.4 Å². The molecule has 1 fully saturated rings. The number of sulfonamides is 1. The predicted octanol–water partition coefficient (Wildman–Crippen LogP) is 3.86. The summed E-state index contributed by atoms with van der Waals surface area (Å²) in [5.41, 5.74) is 0.293. The predicted molar refractivity (Wildman–Crippen MR) is 110 cm³/mol. The second-order valence-corrected chi connectivity index (χ2v) is 9.15. The first-order valence-corrected chi connectivity index (χ1v) is 11.1. The Balaban J connectivity index is 1.87. The van der Waals surface area contributed by atoms with Crippen LogP contribution in [0.5, 0.6) is 0 Å². The Labute approximate surface area is 174 Å². The summed E-state index contributed by atoms with van der Waals surface area (Å²) >= 11 is 6.14. The van der Waals surface area contributed by atoms with Crippen molar-refractivity contribution in [1.82, 2.24) is 4.31 Å². The van der Waals surface area contributed by atoms with Gasteiger partial charge in [-0.3, -0.25) is 4.79 Å². The number of carboxylic acid groups (broad SMARTS) is 1. The van der Waals surface area contributed by atoms with Gasteiger partial charge in [0.05, 0.1) is 21.0 Å². The van der Waals surface area contributed by atoms with Crippen LogP contribution in [0.15, 0.2) is 47.4 Å². The normalized spacial score (nSPS) is 15.5. The molecule has 3 rings (SSSR count). The Bertz CT molecular complexity index is 1030. The highest BCUT2D eigenvalue weighted by atomic mass is 35.5. The summed E-state index contributed by atoms with van der Waals surface area (Å²) < 4.78 is 27.4. The van der Waals surface area contributed by atoms with Crippen molar-refractivity contribution >= 4 is 39.2 Å². The number of aromatic carboxylic acids is 1. The number of anilines is 1. The number of amides is 1. The van der Waals surface area contributed by atoms with Gasteiger partial charge in [0.15, 0.2) is 0 Å². The average Bonchev–Trinajstić information content (AvgIpc) is 2.98. The van der Waals surface area contributed by atoms with E-state index in [1.807, 2.05) is 0 Å². The smallest absolute Gasteiger partial charge is 0.335 e. The molecule has 154 valence electrons. The Morgan fingerprint density at radius 1 is 1.00 bits per heavy atom. The van der Waals surface area contributed by atoms with Crippen LogP contribution in [0.2, 0.25) is 5.02 Å². The molecule has 0 unspecified atom stereocenters. The van der Waals surface area contributed by atoms with E-state index in [0.29, 0.717) is 13.1 Å². The van der Waals surface area contributed by atoms with Crippen molar-refractivity contribution in [3.63, 3.8) is 0 Å². The van der Waals surface area contributed by atoms with E-state index in [2.05, 4.69) is 5.32 Å². The molecular formula is C20H21ClN2O5S. The van der Waals surface area contributed by atoms with Crippen molar-refractivity contribution in [1.29, 1.82) is 0 Å². The fraction of sp³-hybridized carbons (Fsp3) is 0.300. The lowest BCUT2D eigenvalue weighted by atomic mass is 10.1. The van der Waals surface area contributed by atoms with Crippen molar-refractivity contribution in [3.8, 4) is 0 Å². The zero-order chi connectivity index (χ0) is 21.0. The number of rotatable bonds is 5. The number of carboxylic acids is 1. The molecule has 1 amide bonds. The molecule has 0 bridgehead atoms. The molecule has 9 heteroatoms. The molecule has 1 heterocycles. The van der Waals surface area contributed by atoms with E-state index in [9.17, 15) is 18.0 Å². The molecule has 0 saturated carbocycles. The standard InChI is InChI=1S/C20H21ClN2O5S/c21-18-9-8-16(29(27,28)23-10-3-1-2-4-11-23)13-17(18)19(24)22-15-7-5-6-14(12-15)20(25)26/h5-9,12-13H,1-4,10-11H2,(H,22,24)(H,25,26). The van der Waals surface area contributed by atoms with E-state index in [-0.39, 0.29) is 26.7 Å². The highest BCUT2D eigenvalue weighted by Gasteiger charge is 2.26. The van der Waals surface area contributed by atoms with Crippen LogP contribution in [-0.2, 0) is 10.0 Å². The van der Waals surface area contributed by atoms with Crippen LogP contribution in [0, 0.1) is 0 Å². The van der Waals surface area contributed by atoms with Crippen LogP contribution >= 0.6 is 11.6 Å². The lowest BCUT2D eigenvalue weighted by Gasteiger charge is -2.20. The average molecular weight is 437 g/mol. The Hall–Kier alpha value is -2.42. The Morgan fingerprint density at radius 2 is 1.69 bits per heavy atom. The molecule has 1 saturated heterocycles. The van der Waals surface area contributed by atoms with E-state index < -0.39 is 21.9 Å². The van der Waals surface area contributed by atoms with Crippen molar-refractivity contribution in [2.45, 2.75) is 30.6 Å². The molecule has 0 radical (unpaired) electrons. The first-order chi connectivity index (χ1) is 13.8. The number of nitrogens with zero attached hydrogens (tertiary/aromatic N) is 1. The lowest BCUT2D eigenvalue weighted by Crippen LogP contribution is -2.32. The maximum Gasteiger partial charge on any atom is 0.335 e. The molecule has 1 aliphatic heterocycles. The molecule has 0 spiro atoms. The maximum atomic E-state index is 13.0. The molecule has 7 nitrogen and oxygen atoms in total. The first-order valence-electron chi connectivity index (χ1n) is 9.23. The highest BCUT2D eigenvalue weighted by molar-refractivity contribution is 7.89. The highest BCUT2D eigenvalue weighted by Crippen LogP contribution is 2.26. The van der Waals surface area contributed by atoms with Crippen molar-refractivity contribution in [2.24, 2.45) is 0 Å². The van der Waals surface area contributed by atoms with Gasteiger partial charge in [-0.1, -0.05) is 30.5 Å². The third-order valence-electron chi connectivity index (χ3n) is 4.75. The number of carbonyl (C=O) groups excluding carboxylic acids is 1. The molecule has 1 aliphatic rings. The Kier molecular flexibility index (Phi) is 6.56. The number of hydrogen-bond acceptors (Lipinski definition) is 4. The fourth-order valence-corrected chi connectivity index (χ4v) is 4.95. The third-order valence-corrected chi connectivity index (χ3v) is 6.98. The zero-order valence-electron chi connectivity index (χ0n) is 15.6. The van der Waals surface area contributed by atoms with Crippen molar-refractivity contribution < 1.29 is 23.1 Å². The summed E-state index contributed by atoms with van der Waals surface area (Å²) in [6, 6.07) is 9.79.